The summed E-state index contributed by atoms with van der Waals surface area (Å²) < 4.78 is 55.1. The molecule has 3 aromatic rings. The van der Waals surface area contributed by atoms with E-state index in [0.717, 1.165) is 5.56 Å². The summed E-state index contributed by atoms with van der Waals surface area (Å²) in [6.45, 7) is 2.34. The molecule has 1 saturated heterocycles. The molecule has 11 heteroatoms. The van der Waals surface area contributed by atoms with Gasteiger partial charge in [-0.25, -0.2) is 17.9 Å². The van der Waals surface area contributed by atoms with E-state index in [4.69, 9.17) is 9.47 Å². The number of carbonyl (C=O) groups is 1. The molecule has 0 radical (unpaired) electrons. The van der Waals surface area contributed by atoms with E-state index in [9.17, 15) is 18.0 Å². The van der Waals surface area contributed by atoms with Crippen LogP contribution in [0.2, 0.25) is 0 Å². The van der Waals surface area contributed by atoms with Gasteiger partial charge in [-0.3, -0.25) is 4.79 Å². The smallest absolute Gasteiger partial charge is 0.260 e. The zero-order valence-corrected chi connectivity index (χ0v) is 20.5. The summed E-state index contributed by atoms with van der Waals surface area (Å²) in [5.74, 6) is 0.398. The molecule has 8 nitrogen and oxygen atoms in total. The van der Waals surface area contributed by atoms with Gasteiger partial charge in [-0.2, -0.15) is 5.10 Å². The van der Waals surface area contributed by atoms with Gasteiger partial charge >= 0.3 is 0 Å². The number of nitrogens with one attached hydrogen (secondary N) is 2. The number of methoxy groups -OCH3 is 2. The molecule has 2 atom stereocenters. The Balaban J connectivity index is 1.43. The molecule has 196 valence electrons. The van der Waals surface area contributed by atoms with Crippen LogP contribution in [-0.2, 0) is 0 Å². The Morgan fingerprint density at radius 3 is 2.49 bits per heavy atom. The average molecular weight is 516 g/mol. The lowest BCUT2D eigenvalue weighted by Gasteiger charge is -2.32. The van der Waals surface area contributed by atoms with Gasteiger partial charge in [0.05, 0.1) is 31.5 Å². The zero-order valence-electron chi connectivity index (χ0n) is 20.5. The minimum Gasteiger partial charge on any atom is -0.493 e. The third kappa shape index (κ3) is 4.83. The van der Waals surface area contributed by atoms with Crippen molar-refractivity contribution in [3.8, 4) is 22.8 Å². The number of benzene rings is 2. The van der Waals surface area contributed by atoms with Crippen molar-refractivity contribution in [1.29, 1.82) is 0 Å². The van der Waals surface area contributed by atoms with Crippen LogP contribution in [-0.4, -0.2) is 67.4 Å². The molecule has 2 aliphatic rings. The molecule has 1 fully saturated rings. The van der Waals surface area contributed by atoms with Crippen LogP contribution in [0.15, 0.2) is 42.5 Å². The van der Waals surface area contributed by atoms with E-state index in [1.54, 1.807) is 35.2 Å². The second-order valence-corrected chi connectivity index (χ2v) is 9.05. The first-order valence-corrected chi connectivity index (χ1v) is 12.1. The minimum atomic E-state index is -2.66. The van der Waals surface area contributed by atoms with Gasteiger partial charge in [-0.05, 0) is 36.2 Å². The summed E-state index contributed by atoms with van der Waals surface area (Å²) in [5.41, 5.74) is 1.47. The van der Waals surface area contributed by atoms with E-state index in [2.05, 4.69) is 15.7 Å². The van der Waals surface area contributed by atoms with Crippen molar-refractivity contribution in [2.45, 2.75) is 24.9 Å². The zero-order chi connectivity index (χ0) is 26.1. The number of hydrogen-bond donors (Lipinski definition) is 2. The molecule has 5 rings (SSSR count). The van der Waals surface area contributed by atoms with E-state index in [1.165, 1.54) is 31.0 Å². The van der Waals surface area contributed by atoms with Gasteiger partial charge in [0.25, 0.3) is 12.3 Å². The topological polar surface area (TPSA) is 80.7 Å². The van der Waals surface area contributed by atoms with Gasteiger partial charge in [-0.15, -0.1) is 0 Å². The molecule has 1 aromatic heterocycles. The summed E-state index contributed by atoms with van der Waals surface area (Å²) in [7, 11) is 3.04. The van der Waals surface area contributed by atoms with Crippen molar-refractivity contribution in [2.75, 3.05) is 45.7 Å². The maximum absolute atomic E-state index is 15.0. The lowest BCUT2D eigenvalue weighted by Crippen LogP contribution is -2.46. The lowest BCUT2D eigenvalue weighted by atomic mass is 9.97. The molecule has 2 aromatic carbocycles. The highest BCUT2D eigenvalue weighted by Gasteiger charge is 2.35. The molecule has 2 aliphatic heterocycles. The largest absolute Gasteiger partial charge is 0.493 e. The Hall–Kier alpha value is -3.73. The second kappa shape index (κ2) is 10.3. The van der Waals surface area contributed by atoms with Crippen LogP contribution in [0.3, 0.4) is 0 Å². The molecule has 0 saturated carbocycles. The van der Waals surface area contributed by atoms with Gasteiger partial charge < -0.3 is 25.0 Å². The number of fused-ring (bicyclic) bond motifs is 1. The van der Waals surface area contributed by atoms with Crippen molar-refractivity contribution < 1.29 is 27.4 Å². The predicted molar refractivity (Wildman–Crippen MR) is 132 cm³/mol. The number of carbonyl (C=O) groups excluding carboxylic acids is 1. The van der Waals surface area contributed by atoms with Crippen molar-refractivity contribution in [3.05, 3.63) is 59.4 Å². The third-order valence-corrected chi connectivity index (χ3v) is 6.85. The van der Waals surface area contributed by atoms with E-state index >= 15 is 0 Å². The summed E-state index contributed by atoms with van der Waals surface area (Å²) in [6, 6.07) is 9.56. The van der Waals surface area contributed by atoms with Crippen LogP contribution >= 0.6 is 0 Å². The number of halogens is 3. The van der Waals surface area contributed by atoms with E-state index < -0.39 is 24.3 Å². The number of ether oxygens (including phenoxy) is 2. The van der Waals surface area contributed by atoms with Crippen LogP contribution < -0.4 is 20.1 Å². The fourth-order valence-corrected chi connectivity index (χ4v) is 4.86. The highest BCUT2D eigenvalue weighted by molar-refractivity contribution is 5.95. The van der Waals surface area contributed by atoms with Crippen LogP contribution in [0.5, 0.6) is 11.5 Å². The van der Waals surface area contributed by atoms with Crippen molar-refractivity contribution >= 4 is 11.7 Å². The quantitative estimate of drug-likeness (QED) is 0.514. The standard InChI is InChI=1S/C26H28F3N5O3/c1-36-22-6-4-16(12-23(22)37-2)19-13-21(25(28)29)34-24(31-19)14-20(32-34)15-3-5-17(18(27)11-15)26(35)33-9-7-30-8-10-33/h3-6,11-12,14,19,21,25,30-31H,7-10,13H2,1-2H3. The molecule has 0 aliphatic carbocycles. The number of anilines is 1. The molecule has 3 heterocycles. The summed E-state index contributed by atoms with van der Waals surface area (Å²) in [5, 5.41) is 10.8. The fourth-order valence-electron chi connectivity index (χ4n) is 4.86. The SMILES string of the molecule is COc1ccc(C2CC(C(F)F)n3nc(-c4ccc(C(=O)N5CCNCC5)c(F)c4)cc3N2)cc1OC. The van der Waals surface area contributed by atoms with Crippen molar-refractivity contribution in [2.24, 2.45) is 0 Å². The number of aromatic nitrogens is 2. The molecule has 37 heavy (non-hydrogen) atoms. The highest BCUT2D eigenvalue weighted by Crippen LogP contribution is 2.41. The number of nitrogens with zero attached hydrogens (tertiary/aromatic N) is 3. The summed E-state index contributed by atoms with van der Waals surface area (Å²) in [4.78, 5) is 14.3. The van der Waals surface area contributed by atoms with Gasteiger partial charge in [0.15, 0.2) is 11.5 Å². The molecule has 2 N–H and O–H groups in total. The molecular weight excluding hydrogens is 487 g/mol. The summed E-state index contributed by atoms with van der Waals surface area (Å²) in [6.07, 6.45) is -2.57. The first kappa shape index (κ1) is 24.9. The van der Waals surface area contributed by atoms with E-state index in [-0.39, 0.29) is 17.9 Å². The van der Waals surface area contributed by atoms with Crippen molar-refractivity contribution in [3.63, 3.8) is 0 Å². The maximum atomic E-state index is 15.0. The number of rotatable bonds is 6. The average Bonchev–Trinajstić information content (AvgIpc) is 3.36. The first-order chi connectivity index (χ1) is 17.9. The van der Waals surface area contributed by atoms with E-state index in [0.29, 0.717) is 54.8 Å². The van der Waals surface area contributed by atoms with Crippen LogP contribution in [0.25, 0.3) is 11.3 Å². The summed E-state index contributed by atoms with van der Waals surface area (Å²) >= 11 is 0. The number of hydrogen-bond acceptors (Lipinski definition) is 6. The monoisotopic (exact) mass is 515 g/mol. The Morgan fingerprint density at radius 1 is 1.05 bits per heavy atom. The second-order valence-electron chi connectivity index (χ2n) is 9.05. The molecule has 2 unspecified atom stereocenters. The molecular formula is C26H28F3N5O3. The number of alkyl halides is 2. The normalized spacial score (nSPS) is 19.4. The van der Waals surface area contributed by atoms with Gasteiger partial charge in [0.2, 0.25) is 0 Å². The Morgan fingerprint density at radius 2 is 1.81 bits per heavy atom. The van der Waals surface area contributed by atoms with Crippen molar-refractivity contribution in [1.82, 2.24) is 20.0 Å². The fraction of sp³-hybridized carbons (Fsp3) is 0.385. The maximum Gasteiger partial charge on any atom is 0.260 e. The molecule has 0 bridgehead atoms. The molecule has 0 spiro atoms. The minimum absolute atomic E-state index is 0.0216. The Bertz CT molecular complexity index is 1290. The Kier molecular flexibility index (Phi) is 6.96. The van der Waals surface area contributed by atoms with Crippen LogP contribution in [0, 0.1) is 5.82 Å². The van der Waals surface area contributed by atoms with E-state index in [1.807, 2.05) is 0 Å². The highest BCUT2D eigenvalue weighted by atomic mass is 19.3. The third-order valence-electron chi connectivity index (χ3n) is 6.85. The number of piperazine rings is 1. The first-order valence-electron chi connectivity index (χ1n) is 12.1. The Labute approximate surface area is 212 Å². The van der Waals surface area contributed by atoms with Gasteiger partial charge in [0.1, 0.15) is 17.7 Å². The van der Waals surface area contributed by atoms with Crippen LogP contribution in [0.4, 0.5) is 19.0 Å². The lowest BCUT2D eigenvalue weighted by molar-refractivity contribution is 0.0659. The van der Waals surface area contributed by atoms with Gasteiger partial charge in [0, 0.05) is 37.8 Å². The predicted octanol–water partition coefficient (Wildman–Crippen LogP) is 4.11. The van der Waals surface area contributed by atoms with Crippen LogP contribution in [0.1, 0.15) is 34.4 Å². The molecule has 1 amide bonds. The van der Waals surface area contributed by atoms with Gasteiger partial charge in [-0.1, -0.05) is 12.1 Å². The number of amides is 1.